The van der Waals surface area contributed by atoms with Crippen LogP contribution in [0.15, 0.2) is 54.6 Å². The van der Waals surface area contributed by atoms with Crippen LogP contribution in [0.3, 0.4) is 0 Å². The first-order chi connectivity index (χ1) is 14.6. The van der Waals surface area contributed by atoms with E-state index >= 15 is 0 Å². The Morgan fingerprint density at radius 2 is 1.63 bits per heavy atom. The molecule has 0 spiro atoms. The molecular weight excluding hydrogens is 384 g/mol. The maximum atomic E-state index is 12.5. The Labute approximate surface area is 177 Å². The van der Waals surface area contributed by atoms with Crippen LogP contribution < -0.4 is 14.4 Å². The molecule has 0 saturated carbocycles. The van der Waals surface area contributed by atoms with Crippen LogP contribution in [0.2, 0.25) is 0 Å². The third-order valence-corrected chi connectivity index (χ3v) is 5.05. The van der Waals surface area contributed by atoms with E-state index in [1.54, 1.807) is 24.1 Å². The second-order valence-corrected chi connectivity index (χ2v) is 6.98. The van der Waals surface area contributed by atoms with E-state index in [-0.39, 0.29) is 12.5 Å². The maximum absolute atomic E-state index is 12.5. The summed E-state index contributed by atoms with van der Waals surface area (Å²) in [6.45, 7) is 4.07. The lowest BCUT2D eigenvalue weighted by Crippen LogP contribution is -2.50. The second-order valence-electron chi connectivity index (χ2n) is 6.98. The Morgan fingerprint density at radius 1 is 0.967 bits per heavy atom. The molecule has 1 atom stereocenters. The first-order valence-electron chi connectivity index (χ1n) is 10.2. The first kappa shape index (κ1) is 21.5. The minimum absolute atomic E-state index is 0.197. The van der Waals surface area contributed by atoms with Crippen molar-refractivity contribution in [2.24, 2.45) is 0 Å². The molecule has 2 aromatic carbocycles. The van der Waals surface area contributed by atoms with Crippen LogP contribution in [0.1, 0.15) is 13.3 Å². The van der Waals surface area contributed by atoms with Crippen LogP contribution in [-0.2, 0) is 14.3 Å². The number of methoxy groups -OCH3 is 1. The van der Waals surface area contributed by atoms with Crippen LogP contribution in [0, 0.1) is 0 Å². The molecule has 1 amide bonds. The normalized spacial score (nSPS) is 14.7. The Hall–Kier alpha value is -3.22. The van der Waals surface area contributed by atoms with E-state index in [1.165, 1.54) is 0 Å². The lowest BCUT2D eigenvalue weighted by atomic mass is 10.2. The van der Waals surface area contributed by atoms with Crippen LogP contribution in [0.4, 0.5) is 5.69 Å². The van der Waals surface area contributed by atoms with Gasteiger partial charge in [-0.2, -0.15) is 0 Å². The molecule has 30 heavy (non-hydrogen) atoms. The van der Waals surface area contributed by atoms with Crippen LogP contribution in [0.5, 0.6) is 11.5 Å². The molecule has 1 aliphatic rings. The minimum Gasteiger partial charge on any atom is -0.495 e. The number of amides is 1. The van der Waals surface area contributed by atoms with Crippen molar-refractivity contribution in [2.75, 3.05) is 44.8 Å². The van der Waals surface area contributed by atoms with Crippen molar-refractivity contribution in [3.63, 3.8) is 0 Å². The Kier molecular flexibility index (Phi) is 7.54. The summed E-state index contributed by atoms with van der Waals surface area (Å²) >= 11 is 0. The van der Waals surface area contributed by atoms with Crippen molar-refractivity contribution >= 4 is 17.6 Å². The van der Waals surface area contributed by atoms with Crippen LogP contribution >= 0.6 is 0 Å². The number of anilines is 1. The number of benzene rings is 2. The summed E-state index contributed by atoms with van der Waals surface area (Å²) in [5.74, 6) is 0.690. The summed E-state index contributed by atoms with van der Waals surface area (Å²) in [6, 6.07) is 16.9. The van der Waals surface area contributed by atoms with Crippen molar-refractivity contribution in [3.05, 3.63) is 54.6 Å². The Bertz CT molecular complexity index is 834. The topological polar surface area (TPSA) is 68.3 Å². The smallest absolute Gasteiger partial charge is 0.347 e. The molecule has 0 aromatic heterocycles. The summed E-state index contributed by atoms with van der Waals surface area (Å²) in [7, 11) is 1.65. The van der Waals surface area contributed by atoms with Crippen molar-refractivity contribution in [1.82, 2.24) is 4.90 Å². The number of esters is 1. The molecule has 1 heterocycles. The Balaban J connectivity index is 1.47. The highest BCUT2D eigenvalue weighted by Gasteiger charge is 2.25. The monoisotopic (exact) mass is 412 g/mol. The van der Waals surface area contributed by atoms with E-state index in [0.717, 1.165) is 11.4 Å². The summed E-state index contributed by atoms with van der Waals surface area (Å²) in [5, 5.41) is 0. The van der Waals surface area contributed by atoms with Crippen molar-refractivity contribution in [2.45, 2.75) is 19.4 Å². The average molecular weight is 412 g/mol. The number of hydrogen-bond acceptors (Lipinski definition) is 6. The van der Waals surface area contributed by atoms with Gasteiger partial charge in [-0.25, -0.2) is 4.79 Å². The maximum Gasteiger partial charge on any atom is 0.347 e. The summed E-state index contributed by atoms with van der Waals surface area (Å²) in [6.07, 6.45) is -0.276. The molecule has 0 N–H and O–H groups in total. The fourth-order valence-corrected chi connectivity index (χ4v) is 3.37. The number of nitrogens with zero attached hydrogens (tertiary/aromatic N) is 2. The number of piperazine rings is 1. The molecule has 160 valence electrons. The molecule has 1 saturated heterocycles. The van der Waals surface area contributed by atoms with Gasteiger partial charge in [0, 0.05) is 26.2 Å². The zero-order chi connectivity index (χ0) is 21.3. The van der Waals surface area contributed by atoms with Gasteiger partial charge in [0.1, 0.15) is 11.5 Å². The van der Waals surface area contributed by atoms with E-state index < -0.39 is 12.1 Å². The molecule has 1 fully saturated rings. The molecule has 3 rings (SSSR count). The van der Waals surface area contributed by atoms with Crippen molar-refractivity contribution < 1.29 is 23.8 Å². The molecule has 0 bridgehead atoms. The van der Waals surface area contributed by atoms with Gasteiger partial charge in [-0.15, -0.1) is 0 Å². The van der Waals surface area contributed by atoms with E-state index in [2.05, 4.69) is 4.90 Å². The van der Waals surface area contributed by atoms with Gasteiger partial charge in [-0.1, -0.05) is 37.3 Å². The third kappa shape index (κ3) is 5.43. The van der Waals surface area contributed by atoms with Crippen LogP contribution in [-0.4, -0.2) is 62.8 Å². The summed E-state index contributed by atoms with van der Waals surface area (Å²) < 4.78 is 16.3. The highest BCUT2D eigenvalue weighted by Crippen LogP contribution is 2.28. The van der Waals surface area contributed by atoms with Gasteiger partial charge < -0.3 is 24.0 Å². The zero-order valence-electron chi connectivity index (χ0n) is 17.5. The molecule has 2 aromatic rings. The van der Waals surface area contributed by atoms with Gasteiger partial charge in [0.25, 0.3) is 5.91 Å². The van der Waals surface area contributed by atoms with Gasteiger partial charge in [0.2, 0.25) is 0 Å². The molecular formula is C23H28N2O5. The number of rotatable bonds is 8. The number of carbonyl (C=O) groups is 2. The predicted octanol–water partition coefficient (Wildman–Crippen LogP) is 2.74. The fourth-order valence-electron chi connectivity index (χ4n) is 3.37. The minimum atomic E-state index is -0.734. The SMILES string of the molecule is CC[C@H](Oc1ccccc1)C(=O)OCC(=O)N1CCN(c2ccccc2OC)CC1. The van der Waals surface area contributed by atoms with Gasteiger partial charge in [-0.05, 0) is 30.7 Å². The van der Waals surface area contributed by atoms with Crippen molar-refractivity contribution in [3.8, 4) is 11.5 Å². The predicted molar refractivity (Wildman–Crippen MR) is 114 cm³/mol. The number of ether oxygens (including phenoxy) is 3. The van der Waals surface area contributed by atoms with Crippen molar-refractivity contribution in [1.29, 1.82) is 0 Å². The third-order valence-electron chi connectivity index (χ3n) is 5.05. The lowest BCUT2D eigenvalue weighted by Gasteiger charge is -2.36. The number of hydrogen-bond donors (Lipinski definition) is 0. The molecule has 0 unspecified atom stereocenters. The Morgan fingerprint density at radius 3 is 2.30 bits per heavy atom. The average Bonchev–Trinajstić information content (AvgIpc) is 2.81. The first-order valence-corrected chi connectivity index (χ1v) is 10.2. The highest BCUT2D eigenvalue weighted by atomic mass is 16.6. The van der Waals surface area contributed by atoms with E-state index in [9.17, 15) is 9.59 Å². The van der Waals surface area contributed by atoms with E-state index in [0.29, 0.717) is 38.3 Å². The van der Waals surface area contributed by atoms with Gasteiger partial charge in [0.15, 0.2) is 12.7 Å². The number of carbonyl (C=O) groups excluding carboxylic acids is 2. The second kappa shape index (κ2) is 10.5. The zero-order valence-corrected chi connectivity index (χ0v) is 17.5. The molecule has 7 nitrogen and oxygen atoms in total. The van der Waals surface area contributed by atoms with Gasteiger partial charge in [0.05, 0.1) is 12.8 Å². The lowest BCUT2D eigenvalue weighted by molar-refractivity contribution is -0.158. The highest BCUT2D eigenvalue weighted by molar-refractivity contribution is 5.82. The van der Waals surface area contributed by atoms with Gasteiger partial charge in [-0.3, -0.25) is 4.79 Å². The van der Waals surface area contributed by atoms with Crippen LogP contribution in [0.25, 0.3) is 0 Å². The standard InChI is InChI=1S/C23H28N2O5/c1-3-20(30-18-9-5-4-6-10-18)23(27)29-17-22(26)25-15-13-24(14-16-25)19-11-7-8-12-21(19)28-2/h4-12,20H,3,13-17H2,1-2H3/t20-/m0/s1. The molecule has 0 aliphatic carbocycles. The quantitative estimate of drug-likeness (QED) is 0.621. The molecule has 7 heteroatoms. The largest absolute Gasteiger partial charge is 0.495 e. The summed E-state index contributed by atoms with van der Waals surface area (Å²) in [4.78, 5) is 28.7. The van der Waals surface area contributed by atoms with E-state index in [1.807, 2.05) is 49.4 Å². The fraction of sp³-hybridized carbons (Fsp3) is 0.391. The number of para-hydroxylation sites is 3. The van der Waals surface area contributed by atoms with Gasteiger partial charge >= 0.3 is 5.97 Å². The molecule has 1 aliphatic heterocycles. The summed E-state index contributed by atoms with van der Waals surface area (Å²) in [5.41, 5.74) is 1.02. The van der Waals surface area contributed by atoms with E-state index in [4.69, 9.17) is 14.2 Å². The molecule has 0 radical (unpaired) electrons.